The third kappa shape index (κ3) is 0.800. The van der Waals surface area contributed by atoms with E-state index in [0.29, 0.717) is 6.04 Å². The SMILES string of the molecule is CCC1CC2CC(N)CC12. The highest BCUT2D eigenvalue weighted by molar-refractivity contribution is 4.97. The van der Waals surface area contributed by atoms with Crippen LogP contribution in [-0.2, 0) is 0 Å². The van der Waals surface area contributed by atoms with Crippen LogP contribution in [0.5, 0.6) is 0 Å². The van der Waals surface area contributed by atoms with Gasteiger partial charge in [0.2, 0.25) is 0 Å². The van der Waals surface area contributed by atoms with E-state index in [4.69, 9.17) is 5.73 Å². The Morgan fingerprint density at radius 2 is 2.10 bits per heavy atom. The average Bonchev–Trinajstić information content (AvgIpc) is 2.15. The third-order valence-electron chi connectivity index (χ3n) is 3.52. The van der Waals surface area contributed by atoms with Crippen molar-refractivity contribution in [2.24, 2.45) is 23.5 Å². The number of hydrogen-bond acceptors (Lipinski definition) is 1. The molecule has 4 atom stereocenters. The molecule has 0 heterocycles. The van der Waals surface area contributed by atoms with E-state index in [1.54, 1.807) is 0 Å². The van der Waals surface area contributed by atoms with Crippen LogP contribution in [-0.4, -0.2) is 6.04 Å². The normalized spacial score (nSPS) is 52.2. The number of fused-ring (bicyclic) bond motifs is 1. The highest BCUT2D eigenvalue weighted by Gasteiger charge is 2.45. The van der Waals surface area contributed by atoms with Gasteiger partial charge in [-0.1, -0.05) is 13.3 Å². The number of rotatable bonds is 1. The Labute approximate surface area is 63.0 Å². The second kappa shape index (κ2) is 2.23. The van der Waals surface area contributed by atoms with Gasteiger partial charge in [0.1, 0.15) is 0 Å². The van der Waals surface area contributed by atoms with Crippen molar-refractivity contribution in [2.75, 3.05) is 0 Å². The lowest BCUT2D eigenvalue weighted by Gasteiger charge is -2.39. The van der Waals surface area contributed by atoms with E-state index in [-0.39, 0.29) is 0 Å². The Morgan fingerprint density at radius 3 is 2.70 bits per heavy atom. The Kier molecular flexibility index (Phi) is 1.48. The summed E-state index contributed by atoms with van der Waals surface area (Å²) in [5.41, 5.74) is 5.87. The van der Waals surface area contributed by atoms with Gasteiger partial charge in [0.25, 0.3) is 0 Å². The lowest BCUT2D eigenvalue weighted by atomic mass is 9.66. The largest absolute Gasteiger partial charge is 0.328 e. The molecular formula is C9H17N. The molecular weight excluding hydrogens is 122 g/mol. The van der Waals surface area contributed by atoms with E-state index in [1.165, 1.54) is 25.7 Å². The summed E-state index contributed by atoms with van der Waals surface area (Å²) in [5.74, 6) is 3.10. The molecule has 2 aliphatic rings. The molecule has 0 aromatic heterocycles. The molecule has 0 aromatic rings. The minimum absolute atomic E-state index is 0.548. The van der Waals surface area contributed by atoms with E-state index in [1.807, 2.05) is 0 Å². The first-order chi connectivity index (χ1) is 4.81. The van der Waals surface area contributed by atoms with Gasteiger partial charge in [-0.3, -0.25) is 0 Å². The summed E-state index contributed by atoms with van der Waals surface area (Å²) in [6.07, 6.45) is 5.51. The first-order valence-electron chi connectivity index (χ1n) is 4.56. The molecule has 0 saturated heterocycles. The van der Waals surface area contributed by atoms with E-state index >= 15 is 0 Å². The van der Waals surface area contributed by atoms with Crippen LogP contribution < -0.4 is 5.73 Å². The molecule has 0 radical (unpaired) electrons. The van der Waals surface area contributed by atoms with Crippen molar-refractivity contribution in [3.05, 3.63) is 0 Å². The highest BCUT2D eigenvalue weighted by Crippen LogP contribution is 2.51. The molecule has 10 heavy (non-hydrogen) atoms. The summed E-state index contributed by atoms with van der Waals surface area (Å²) in [6.45, 7) is 2.31. The molecule has 0 amide bonds. The van der Waals surface area contributed by atoms with Crippen LogP contribution in [0.15, 0.2) is 0 Å². The zero-order valence-electron chi connectivity index (χ0n) is 6.72. The Hall–Kier alpha value is -0.0400. The molecule has 0 aromatic carbocycles. The van der Waals surface area contributed by atoms with Crippen LogP contribution in [0.25, 0.3) is 0 Å². The zero-order chi connectivity index (χ0) is 7.14. The molecule has 0 bridgehead atoms. The molecule has 2 saturated carbocycles. The second-order valence-corrected chi connectivity index (χ2v) is 4.06. The maximum atomic E-state index is 5.87. The average molecular weight is 139 g/mol. The molecule has 1 heteroatoms. The summed E-state index contributed by atoms with van der Waals surface area (Å²) in [4.78, 5) is 0. The second-order valence-electron chi connectivity index (χ2n) is 4.06. The van der Waals surface area contributed by atoms with Crippen LogP contribution in [0.3, 0.4) is 0 Å². The fourth-order valence-electron chi connectivity index (χ4n) is 2.89. The topological polar surface area (TPSA) is 26.0 Å². The summed E-state index contributed by atoms with van der Waals surface area (Å²) in [7, 11) is 0. The first kappa shape index (κ1) is 6.66. The van der Waals surface area contributed by atoms with Crippen LogP contribution in [0.4, 0.5) is 0 Å². The third-order valence-corrected chi connectivity index (χ3v) is 3.52. The Morgan fingerprint density at radius 1 is 1.30 bits per heavy atom. The molecule has 0 spiro atoms. The lowest BCUT2D eigenvalue weighted by Crippen LogP contribution is -2.31. The van der Waals surface area contributed by atoms with Gasteiger partial charge in [-0.15, -0.1) is 0 Å². The zero-order valence-corrected chi connectivity index (χ0v) is 6.72. The predicted molar refractivity (Wildman–Crippen MR) is 42.6 cm³/mol. The summed E-state index contributed by atoms with van der Waals surface area (Å²) >= 11 is 0. The summed E-state index contributed by atoms with van der Waals surface area (Å²) in [6, 6.07) is 0.548. The fourth-order valence-corrected chi connectivity index (χ4v) is 2.89. The Bertz CT molecular complexity index is 129. The van der Waals surface area contributed by atoms with Crippen molar-refractivity contribution in [2.45, 2.75) is 38.6 Å². The maximum absolute atomic E-state index is 5.87. The van der Waals surface area contributed by atoms with E-state index in [0.717, 1.165) is 17.8 Å². The van der Waals surface area contributed by atoms with Gasteiger partial charge < -0.3 is 5.73 Å². The van der Waals surface area contributed by atoms with E-state index < -0.39 is 0 Å². The van der Waals surface area contributed by atoms with Crippen LogP contribution in [0, 0.1) is 17.8 Å². The molecule has 2 rings (SSSR count). The number of nitrogens with two attached hydrogens (primary N) is 1. The minimum Gasteiger partial charge on any atom is -0.328 e. The van der Waals surface area contributed by atoms with Gasteiger partial charge in [0.05, 0.1) is 0 Å². The van der Waals surface area contributed by atoms with Crippen molar-refractivity contribution in [1.82, 2.24) is 0 Å². The van der Waals surface area contributed by atoms with Crippen LogP contribution in [0.2, 0.25) is 0 Å². The minimum atomic E-state index is 0.548. The van der Waals surface area contributed by atoms with Crippen molar-refractivity contribution in [3.63, 3.8) is 0 Å². The standard InChI is InChI=1S/C9H17N/c1-2-6-3-7-4-8(10)5-9(6)7/h6-9H,2-5,10H2,1H3. The fraction of sp³-hybridized carbons (Fsp3) is 1.00. The molecule has 4 unspecified atom stereocenters. The molecule has 2 fully saturated rings. The predicted octanol–water partition coefficient (Wildman–Crippen LogP) is 1.77. The molecule has 2 aliphatic carbocycles. The van der Waals surface area contributed by atoms with Gasteiger partial charge in [-0.25, -0.2) is 0 Å². The Balaban J connectivity index is 1.93. The smallest absolute Gasteiger partial charge is 0.00444 e. The highest BCUT2D eigenvalue weighted by atomic mass is 14.7. The van der Waals surface area contributed by atoms with Crippen molar-refractivity contribution < 1.29 is 0 Å². The number of hydrogen-bond donors (Lipinski definition) is 1. The van der Waals surface area contributed by atoms with E-state index in [9.17, 15) is 0 Å². The maximum Gasteiger partial charge on any atom is 0.00444 e. The van der Waals surface area contributed by atoms with Crippen LogP contribution in [0.1, 0.15) is 32.6 Å². The molecule has 0 aliphatic heterocycles. The lowest BCUT2D eigenvalue weighted by molar-refractivity contribution is 0.0997. The quantitative estimate of drug-likeness (QED) is 0.588. The van der Waals surface area contributed by atoms with Gasteiger partial charge in [-0.05, 0) is 37.0 Å². The molecule has 2 N–H and O–H groups in total. The molecule has 58 valence electrons. The van der Waals surface area contributed by atoms with Gasteiger partial charge in [0.15, 0.2) is 0 Å². The first-order valence-corrected chi connectivity index (χ1v) is 4.56. The van der Waals surface area contributed by atoms with Crippen LogP contribution >= 0.6 is 0 Å². The van der Waals surface area contributed by atoms with Crippen molar-refractivity contribution in [1.29, 1.82) is 0 Å². The molecule has 1 nitrogen and oxygen atoms in total. The van der Waals surface area contributed by atoms with Crippen molar-refractivity contribution in [3.8, 4) is 0 Å². The van der Waals surface area contributed by atoms with E-state index in [2.05, 4.69) is 6.92 Å². The van der Waals surface area contributed by atoms with Crippen molar-refractivity contribution >= 4 is 0 Å². The summed E-state index contributed by atoms with van der Waals surface area (Å²) in [5, 5.41) is 0. The monoisotopic (exact) mass is 139 g/mol. The summed E-state index contributed by atoms with van der Waals surface area (Å²) < 4.78 is 0. The van der Waals surface area contributed by atoms with Gasteiger partial charge in [0, 0.05) is 6.04 Å². The van der Waals surface area contributed by atoms with Gasteiger partial charge >= 0.3 is 0 Å². The van der Waals surface area contributed by atoms with Gasteiger partial charge in [-0.2, -0.15) is 0 Å².